The Bertz CT molecular complexity index is 248. The van der Waals surface area contributed by atoms with Crippen molar-refractivity contribution in [2.45, 2.75) is 26.3 Å². The summed E-state index contributed by atoms with van der Waals surface area (Å²) in [6, 6.07) is 0. The van der Waals surface area contributed by atoms with E-state index in [1.165, 1.54) is 25.9 Å². The first kappa shape index (κ1) is 7.65. The topological polar surface area (TPSA) is 21.1 Å². The molecule has 0 atom stereocenters. The lowest BCUT2D eigenvalue weighted by Crippen LogP contribution is -2.21. The fourth-order valence-corrected chi connectivity index (χ4v) is 1.75. The lowest BCUT2D eigenvalue weighted by atomic mass is 10.4. The van der Waals surface area contributed by atoms with E-state index in [4.69, 9.17) is 0 Å². The predicted octanol–water partition coefficient (Wildman–Crippen LogP) is 1.50. The van der Waals surface area contributed by atoms with Crippen molar-refractivity contribution < 1.29 is 0 Å². The summed E-state index contributed by atoms with van der Waals surface area (Å²) >= 11 is 0. The molecular formula is C9H15N3. The maximum atomic E-state index is 4.36. The van der Waals surface area contributed by atoms with E-state index in [1.807, 2.05) is 12.4 Å². The largest absolute Gasteiger partial charge is 0.342 e. The molecule has 1 aliphatic heterocycles. The van der Waals surface area contributed by atoms with Crippen LogP contribution in [0.2, 0.25) is 0 Å². The second-order valence-electron chi connectivity index (χ2n) is 3.21. The first-order valence-corrected chi connectivity index (χ1v) is 4.68. The number of hydrogen-bond donors (Lipinski definition) is 0. The highest BCUT2D eigenvalue weighted by atomic mass is 15.3. The highest BCUT2D eigenvalue weighted by molar-refractivity contribution is 5.32. The van der Waals surface area contributed by atoms with Gasteiger partial charge in [-0.25, -0.2) is 4.98 Å². The zero-order valence-corrected chi connectivity index (χ0v) is 7.53. The minimum absolute atomic E-state index is 1.02. The van der Waals surface area contributed by atoms with Gasteiger partial charge in [0.05, 0.1) is 0 Å². The van der Waals surface area contributed by atoms with Crippen LogP contribution in [0.25, 0.3) is 0 Å². The number of nitrogens with zero attached hydrogens (tertiary/aromatic N) is 3. The highest BCUT2D eigenvalue weighted by Gasteiger charge is 2.15. The quantitative estimate of drug-likeness (QED) is 0.662. The highest BCUT2D eigenvalue weighted by Crippen LogP contribution is 2.17. The van der Waals surface area contributed by atoms with Crippen LogP contribution in [-0.4, -0.2) is 22.6 Å². The van der Waals surface area contributed by atoms with Crippen LogP contribution in [0.15, 0.2) is 12.4 Å². The molecule has 12 heavy (non-hydrogen) atoms. The fourth-order valence-electron chi connectivity index (χ4n) is 1.75. The molecule has 0 saturated carbocycles. The maximum Gasteiger partial charge on any atom is 0.205 e. The molecule has 2 rings (SSSR count). The molecule has 1 aromatic rings. The van der Waals surface area contributed by atoms with Crippen LogP contribution in [0.5, 0.6) is 0 Å². The Morgan fingerprint density at radius 3 is 2.83 bits per heavy atom. The molecular weight excluding hydrogens is 150 g/mol. The monoisotopic (exact) mass is 165 g/mol. The van der Waals surface area contributed by atoms with Crippen LogP contribution in [0, 0.1) is 0 Å². The van der Waals surface area contributed by atoms with Crippen molar-refractivity contribution >= 4 is 5.95 Å². The Kier molecular flexibility index (Phi) is 2.02. The Morgan fingerprint density at radius 2 is 2.17 bits per heavy atom. The molecule has 3 heteroatoms. The van der Waals surface area contributed by atoms with Crippen LogP contribution in [0.1, 0.15) is 19.8 Å². The van der Waals surface area contributed by atoms with E-state index in [-0.39, 0.29) is 0 Å². The van der Waals surface area contributed by atoms with Gasteiger partial charge in [-0.05, 0) is 19.8 Å². The summed E-state index contributed by atoms with van der Waals surface area (Å²) in [5.41, 5.74) is 0. The number of anilines is 1. The zero-order chi connectivity index (χ0) is 8.39. The van der Waals surface area contributed by atoms with Gasteiger partial charge >= 0.3 is 0 Å². The van der Waals surface area contributed by atoms with Crippen molar-refractivity contribution in [2.75, 3.05) is 18.0 Å². The van der Waals surface area contributed by atoms with Gasteiger partial charge in [-0.15, -0.1) is 0 Å². The first-order chi connectivity index (χ1) is 5.92. The molecule has 0 aliphatic carbocycles. The number of rotatable bonds is 2. The van der Waals surface area contributed by atoms with Gasteiger partial charge in [-0.1, -0.05) is 0 Å². The molecule has 0 unspecified atom stereocenters. The number of imidazole rings is 1. The van der Waals surface area contributed by atoms with Gasteiger partial charge in [-0.2, -0.15) is 0 Å². The lowest BCUT2D eigenvalue weighted by molar-refractivity contribution is 0.731. The van der Waals surface area contributed by atoms with E-state index in [1.54, 1.807) is 0 Å². The summed E-state index contributed by atoms with van der Waals surface area (Å²) in [6.07, 6.45) is 6.57. The van der Waals surface area contributed by atoms with E-state index < -0.39 is 0 Å². The van der Waals surface area contributed by atoms with Gasteiger partial charge in [0.1, 0.15) is 0 Å². The average Bonchev–Trinajstić information content (AvgIpc) is 2.74. The van der Waals surface area contributed by atoms with Crippen molar-refractivity contribution in [3.05, 3.63) is 12.4 Å². The summed E-state index contributed by atoms with van der Waals surface area (Å²) in [6.45, 7) is 5.53. The van der Waals surface area contributed by atoms with Gasteiger partial charge in [0, 0.05) is 32.0 Å². The third-order valence-corrected chi connectivity index (χ3v) is 2.42. The Hall–Kier alpha value is -0.990. The molecule has 0 bridgehead atoms. The van der Waals surface area contributed by atoms with E-state index >= 15 is 0 Å². The van der Waals surface area contributed by atoms with Crippen LogP contribution in [0.3, 0.4) is 0 Å². The zero-order valence-electron chi connectivity index (χ0n) is 7.53. The Labute approximate surface area is 73.0 Å². The standard InChI is InChI=1S/C9H15N3/c1-2-11-8-5-10-9(11)12-6-3-4-7-12/h5,8H,2-4,6-7H2,1H3. The van der Waals surface area contributed by atoms with E-state index in [0.29, 0.717) is 0 Å². The number of aryl methyl sites for hydroxylation is 1. The Balaban J connectivity index is 2.19. The van der Waals surface area contributed by atoms with Crippen molar-refractivity contribution in [1.29, 1.82) is 0 Å². The molecule has 0 amide bonds. The van der Waals surface area contributed by atoms with E-state index in [0.717, 1.165) is 12.5 Å². The van der Waals surface area contributed by atoms with Crippen molar-refractivity contribution in [3.8, 4) is 0 Å². The Morgan fingerprint density at radius 1 is 1.42 bits per heavy atom. The fraction of sp³-hybridized carbons (Fsp3) is 0.667. The van der Waals surface area contributed by atoms with Crippen LogP contribution < -0.4 is 4.90 Å². The molecule has 1 aliphatic rings. The average molecular weight is 165 g/mol. The third-order valence-electron chi connectivity index (χ3n) is 2.42. The number of aromatic nitrogens is 2. The number of hydrogen-bond acceptors (Lipinski definition) is 2. The molecule has 0 aromatic carbocycles. The summed E-state index contributed by atoms with van der Waals surface area (Å²) in [5, 5.41) is 0. The SMILES string of the molecule is CCn1ccnc1N1CCCC1. The molecule has 66 valence electrons. The van der Waals surface area contributed by atoms with Crippen molar-refractivity contribution in [1.82, 2.24) is 9.55 Å². The third kappa shape index (κ3) is 1.19. The molecule has 1 fully saturated rings. The smallest absolute Gasteiger partial charge is 0.205 e. The van der Waals surface area contributed by atoms with Gasteiger partial charge in [-0.3, -0.25) is 0 Å². The van der Waals surface area contributed by atoms with Crippen molar-refractivity contribution in [2.24, 2.45) is 0 Å². The molecule has 2 heterocycles. The molecule has 1 aromatic heterocycles. The second kappa shape index (κ2) is 3.17. The lowest BCUT2D eigenvalue weighted by Gasteiger charge is -2.16. The normalized spacial score (nSPS) is 17.2. The van der Waals surface area contributed by atoms with Gasteiger partial charge in [0.25, 0.3) is 0 Å². The van der Waals surface area contributed by atoms with Gasteiger partial charge < -0.3 is 9.47 Å². The molecule has 0 radical (unpaired) electrons. The summed E-state index contributed by atoms with van der Waals surface area (Å²) in [4.78, 5) is 6.72. The molecule has 1 saturated heterocycles. The molecule has 3 nitrogen and oxygen atoms in total. The van der Waals surface area contributed by atoms with Gasteiger partial charge in [0.15, 0.2) is 0 Å². The molecule has 0 spiro atoms. The first-order valence-electron chi connectivity index (χ1n) is 4.68. The predicted molar refractivity (Wildman–Crippen MR) is 49.3 cm³/mol. The minimum Gasteiger partial charge on any atom is -0.342 e. The molecule has 0 N–H and O–H groups in total. The summed E-state index contributed by atoms with van der Waals surface area (Å²) in [7, 11) is 0. The summed E-state index contributed by atoms with van der Waals surface area (Å²) < 4.78 is 2.20. The summed E-state index contributed by atoms with van der Waals surface area (Å²) in [5.74, 6) is 1.15. The van der Waals surface area contributed by atoms with Crippen LogP contribution in [-0.2, 0) is 6.54 Å². The van der Waals surface area contributed by atoms with Crippen LogP contribution in [0.4, 0.5) is 5.95 Å². The van der Waals surface area contributed by atoms with Crippen LogP contribution >= 0.6 is 0 Å². The van der Waals surface area contributed by atoms with Crippen molar-refractivity contribution in [3.63, 3.8) is 0 Å². The van der Waals surface area contributed by atoms with E-state index in [9.17, 15) is 0 Å². The second-order valence-corrected chi connectivity index (χ2v) is 3.21. The van der Waals surface area contributed by atoms with Gasteiger partial charge in [0.2, 0.25) is 5.95 Å². The maximum absolute atomic E-state index is 4.36. The minimum atomic E-state index is 1.02. The van der Waals surface area contributed by atoms with E-state index in [2.05, 4.69) is 21.4 Å².